The maximum absolute atomic E-state index is 12.3. The molecule has 0 fully saturated rings. The van der Waals surface area contributed by atoms with Crippen LogP contribution in [0.3, 0.4) is 0 Å². The van der Waals surface area contributed by atoms with Gasteiger partial charge < -0.3 is 14.2 Å². The first-order chi connectivity index (χ1) is 13.3. The van der Waals surface area contributed by atoms with Gasteiger partial charge in [0.05, 0.1) is 19.5 Å². The highest BCUT2D eigenvalue weighted by atomic mass is 32.2. The van der Waals surface area contributed by atoms with Crippen LogP contribution in [0.4, 0.5) is 0 Å². The number of hydrogen-bond donors (Lipinski definition) is 1. The van der Waals surface area contributed by atoms with Gasteiger partial charge in [-0.05, 0) is 32.4 Å². The fourth-order valence-electron chi connectivity index (χ4n) is 3.24. The van der Waals surface area contributed by atoms with Gasteiger partial charge in [0.1, 0.15) is 11.4 Å². The quantitative estimate of drug-likeness (QED) is 0.648. The van der Waals surface area contributed by atoms with Crippen LogP contribution in [0.25, 0.3) is 0 Å². The molecule has 2 aromatic rings. The molecule has 2 aromatic carbocycles. The highest BCUT2D eigenvalue weighted by molar-refractivity contribution is 7.89. The molecule has 1 N–H and O–H groups in total. The third-order valence-electron chi connectivity index (χ3n) is 4.55. The van der Waals surface area contributed by atoms with Crippen LogP contribution in [0.5, 0.6) is 17.2 Å². The Morgan fingerprint density at radius 2 is 1.86 bits per heavy atom. The SMILES string of the molecule is COc1ccccc1CNS(=O)(=O)CCCOc1cccc2c1OC(C)(C)C2. The summed E-state index contributed by atoms with van der Waals surface area (Å²) in [6.07, 6.45) is 1.22. The lowest BCUT2D eigenvalue weighted by Crippen LogP contribution is -2.27. The minimum absolute atomic E-state index is 0.0104. The van der Waals surface area contributed by atoms with Crippen molar-refractivity contribution in [2.75, 3.05) is 19.5 Å². The molecule has 152 valence electrons. The van der Waals surface area contributed by atoms with Crippen LogP contribution in [0.1, 0.15) is 31.4 Å². The molecule has 1 aliphatic rings. The molecular weight excluding hydrogens is 378 g/mol. The van der Waals surface area contributed by atoms with E-state index in [-0.39, 0.29) is 17.9 Å². The number of hydrogen-bond acceptors (Lipinski definition) is 5. The average Bonchev–Trinajstić information content (AvgIpc) is 2.98. The van der Waals surface area contributed by atoms with Gasteiger partial charge in [0.25, 0.3) is 0 Å². The third kappa shape index (κ3) is 5.17. The van der Waals surface area contributed by atoms with E-state index in [0.29, 0.717) is 24.5 Å². The molecule has 3 rings (SSSR count). The smallest absolute Gasteiger partial charge is 0.212 e. The van der Waals surface area contributed by atoms with Crippen molar-refractivity contribution in [2.24, 2.45) is 0 Å². The van der Waals surface area contributed by atoms with Crippen molar-refractivity contribution >= 4 is 10.0 Å². The maximum Gasteiger partial charge on any atom is 0.212 e. The Balaban J connectivity index is 1.48. The first kappa shape index (κ1) is 20.5. The average molecular weight is 406 g/mol. The van der Waals surface area contributed by atoms with Crippen molar-refractivity contribution in [3.8, 4) is 17.2 Å². The van der Waals surface area contributed by atoms with E-state index in [9.17, 15) is 8.42 Å². The van der Waals surface area contributed by atoms with Crippen molar-refractivity contribution in [1.82, 2.24) is 4.72 Å². The van der Waals surface area contributed by atoms with Gasteiger partial charge in [-0.2, -0.15) is 0 Å². The number of methoxy groups -OCH3 is 1. The number of rotatable bonds is 9. The van der Waals surface area contributed by atoms with Gasteiger partial charge in [-0.15, -0.1) is 0 Å². The lowest BCUT2D eigenvalue weighted by molar-refractivity contribution is 0.132. The lowest BCUT2D eigenvalue weighted by atomic mass is 10.0. The van der Waals surface area contributed by atoms with E-state index < -0.39 is 10.0 Å². The van der Waals surface area contributed by atoms with E-state index >= 15 is 0 Å². The zero-order valence-corrected chi connectivity index (χ0v) is 17.3. The monoisotopic (exact) mass is 405 g/mol. The molecule has 0 saturated heterocycles. The highest BCUT2D eigenvalue weighted by Crippen LogP contribution is 2.41. The second-order valence-electron chi connectivity index (χ2n) is 7.44. The van der Waals surface area contributed by atoms with Crippen molar-refractivity contribution in [1.29, 1.82) is 0 Å². The number of nitrogens with one attached hydrogen (secondary N) is 1. The Labute approximate surface area is 166 Å². The van der Waals surface area contributed by atoms with E-state index in [4.69, 9.17) is 14.2 Å². The molecule has 0 radical (unpaired) electrons. The zero-order chi connectivity index (χ0) is 20.2. The van der Waals surface area contributed by atoms with Gasteiger partial charge >= 0.3 is 0 Å². The van der Waals surface area contributed by atoms with Crippen molar-refractivity contribution in [3.63, 3.8) is 0 Å². The topological polar surface area (TPSA) is 73.9 Å². The van der Waals surface area contributed by atoms with Crippen molar-refractivity contribution < 1.29 is 22.6 Å². The molecule has 0 saturated carbocycles. The number of para-hydroxylation sites is 2. The molecule has 0 unspecified atom stereocenters. The third-order valence-corrected chi connectivity index (χ3v) is 5.96. The fraction of sp³-hybridized carbons (Fsp3) is 0.429. The fourth-order valence-corrected chi connectivity index (χ4v) is 4.26. The van der Waals surface area contributed by atoms with Crippen LogP contribution in [0.15, 0.2) is 42.5 Å². The van der Waals surface area contributed by atoms with Crippen LogP contribution in [-0.4, -0.2) is 33.5 Å². The largest absolute Gasteiger partial charge is 0.496 e. The highest BCUT2D eigenvalue weighted by Gasteiger charge is 2.32. The Kier molecular flexibility index (Phi) is 6.15. The summed E-state index contributed by atoms with van der Waals surface area (Å²) in [5, 5.41) is 0. The van der Waals surface area contributed by atoms with Crippen molar-refractivity contribution in [3.05, 3.63) is 53.6 Å². The molecule has 0 amide bonds. The lowest BCUT2D eigenvalue weighted by Gasteiger charge is -2.18. The standard InChI is InChI=1S/C21H27NO5S/c1-21(2)14-16-9-6-11-19(20(16)27-21)26-12-7-13-28(23,24)22-15-17-8-4-5-10-18(17)25-3/h4-6,8-11,22H,7,12-15H2,1-3H3. The zero-order valence-electron chi connectivity index (χ0n) is 16.5. The Morgan fingerprint density at radius 1 is 1.11 bits per heavy atom. The van der Waals surface area contributed by atoms with Gasteiger partial charge in [-0.25, -0.2) is 13.1 Å². The second-order valence-corrected chi connectivity index (χ2v) is 9.36. The normalized spacial score (nSPS) is 15.0. The van der Waals surface area contributed by atoms with Gasteiger partial charge in [-0.1, -0.05) is 30.3 Å². The first-order valence-electron chi connectivity index (χ1n) is 9.33. The van der Waals surface area contributed by atoms with E-state index in [1.807, 2.05) is 50.2 Å². The number of benzene rings is 2. The predicted molar refractivity (Wildman–Crippen MR) is 109 cm³/mol. The number of fused-ring (bicyclic) bond motifs is 1. The summed E-state index contributed by atoms with van der Waals surface area (Å²) >= 11 is 0. The molecule has 0 aliphatic carbocycles. The van der Waals surface area contributed by atoms with E-state index in [1.54, 1.807) is 13.2 Å². The van der Waals surface area contributed by atoms with Gasteiger partial charge in [-0.3, -0.25) is 0 Å². The molecular formula is C21H27NO5S. The summed E-state index contributed by atoms with van der Waals surface area (Å²) in [6, 6.07) is 13.2. The molecule has 0 atom stereocenters. The van der Waals surface area contributed by atoms with Gasteiger partial charge in [0.2, 0.25) is 10.0 Å². The summed E-state index contributed by atoms with van der Waals surface area (Å²) in [4.78, 5) is 0. The van der Waals surface area contributed by atoms with Crippen molar-refractivity contribution in [2.45, 2.75) is 38.8 Å². The number of sulfonamides is 1. The summed E-state index contributed by atoms with van der Waals surface area (Å²) in [7, 11) is -1.84. The summed E-state index contributed by atoms with van der Waals surface area (Å²) in [6.45, 7) is 4.58. The van der Waals surface area contributed by atoms with Gasteiger partial charge in [0.15, 0.2) is 11.5 Å². The molecule has 6 nitrogen and oxygen atoms in total. The molecule has 1 aliphatic heterocycles. The van der Waals surface area contributed by atoms with Crippen LogP contribution in [-0.2, 0) is 23.0 Å². The van der Waals surface area contributed by atoms with E-state index in [0.717, 1.165) is 23.3 Å². The van der Waals surface area contributed by atoms with Crippen LogP contribution < -0.4 is 18.9 Å². The Hall–Kier alpha value is -2.25. The molecule has 7 heteroatoms. The van der Waals surface area contributed by atoms with Crippen LogP contribution in [0, 0.1) is 0 Å². The molecule has 0 bridgehead atoms. The summed E-state index contributed by atoms with van der Waals surface area (Å²) in [5.41, 5.74) is 1.67. The number of ether oxygens (including phenoxy) is 3. The van der Waals surface area contributed by atoms with Crippen LogP contribution in [0.2, 0.25) is 0 Å². The summed E-state index contributed by atoms with van der Waals surface area (Å²) in [5.74, 6) is 2.09. The second kappa shape index (κ2) is 8.41. The minimum Gasteiger partial charge on any atom is -0.496 e. The van der Waals surface area contributed by atoms with Crippen LogP contribution >= 0.6 is 0 Å². The minimum atomic E-state index is -3.41. The van der Waals surface area contributed by atoms with E-state index in [2.05, 4.69) is 4.72 Å². The first-order valence-corrected chi connectivity index (χ1v) is 11.0. The maximum atomic E-state index is 12.3. The van der Waals surface area contributed by atoms with Gasteiger partial charge in [0, 0.05) is 24.1 Å². The predicted octanol–water partition coefficient (Wildman–Crippen LogP) is 3.30. The summed E-state index contributed by atoms with van der Waals surface area (Å²) < 4.78 is 44.1. The Morgan fingerprint density at radius 3 is 2.64 bits per heavy atom. The molecule has 1 heterocycles. The van der Waals surface area contributed by atoms with E-state index in [1.165, 1.54) is 0 Å². The molecule has 0 aromatic heterocycles. The molecule has 0 spiro atoms. The molecule has 28 heavy (non-hydrogen) atoms. The Bertz CT molecular complexity index is 924.